The average Bonchev–Trinajstić information content (AvgIpc) is 2.59. The molecule has 0 unspecified atom stereocenters. The molecule has 1 aromatic carbocycles. The fraction of sp³-hybridized carbons (Fsp3) is 0.600. The monoisotopic (exact) mass is 330 g/mol. The van der Waals surface area contributed by atoms with Gasteiger partial charge in [0.25, 0.3) is 0 Å². The Morgan fingerprint density at radius 3 is 1.50 bits per heavy atom. The van der Waals surface area contributed by atoms with Gasteiger partial charge in [0.15, 0.2) is 0 Å². The summed E-state index contributed by atoms with van der Waals surface area (Å²) >= 11 is 0. The van der Waals surface area contributed by atoms with E-state index in [0.717, 1.165) is 0 Å². The first kappa shape index (κ1) is 24.2. The summed E-state index contributed by atoms with van der Waals surface area (Å²) < 4.78 is 0. The van der Waals surface area contributed by atoms with Crippen molar-refractivity contribution < 1.29 is 9.59 Å². The Labute approximate surface area is 146 Å². The molecule has 0 aliphatic carbocycles. The predicted octanol–water partition coefficient (Wildman–Crippen LogP) is 5.93. The molecule has 0 aromatic heterocycles. The smallest absolute Gasteiger partial charge is 0.0159 e. The molecule has 0 atom stereocenters. The minimum atomic E-state index is 0.500. The fourth-order valence-corrected chi connectivity index (χ4v) is 2.46. The summed E-state index contributed by atoms with van der Waals surface area (Å²) in [4.78, 5) is 16.5. The Balaban J connectivity index is 0. The number of hydrogen-bond donors (Lipinski definition) is 0. The van der Waals surface area contributed by atoms with Gasteiger partial charge < -0.3 is 10.8 Å². The molecule has 0 saturated heterocycles. The van der Waals surface area contributed by atoms with Gasteiger partial charge in [-0.1, -0.05) is 95.0 Å². The number of isocyanates is 2. The van der Waals surface area contributed by atoms with E-state index in [4.69, 9.17) is 20.4 Å². The highest BCUT2D eigenvalue weighted by Gasteiger charge is 1.94. The highest BCUT2D eigenvalue weighted by molar-refractivity contribution is 5.37. The van der Waals surface area contributed by atoms with E-state index < -0.39 is 0 Å². The van der Waals surface area contributed by atoms with Crippen molar-refractivity contribution in [1.82, 2.24) is 0 Å². The van der Waals surface area contributed by atoms with Crippen molar-refractivity contribution in [2.45, 2.75) is 77.6 Å². The molecule has 0 aliphatic rings. The molecule has 0 aliphatic heterocycles. The number of aryl methyl sites for hydroxylation is 1. The molecule has 0 fully saturated rings. The molecular weight excluding hydrogens is 300 g/mol. The predicted molar refractivity (Wildman–Crippen MR) is 100 cm³/mol. The Morgan fingerprint density at radius 1 is 0.708 bits per heavy atom. The van der Waals surface area contributed by atoms with Gasteiger partial charge in [0.2, 0.25) is 0 Å². The second-order valence-corrected chi connectivity index (χ2v) is 5.60. The first-order valence-corrected chi connectivity index (χ1v) is 8.83. The van der Waals surface area contributed by atoms with Gasteiger partial charge in [0.05, 0.1) is 0 Å². The highest BCUT2D eigenvalue weighted by atomic mass is 16.1. The Bertz CT molecular complexity index is 409. The van der Waals surface area contributed by atoms with Crippen LogP contribution in [0.25, 0.3) is 10.8 Å². The maximum atomic E-state index is 8.24. The standard InChI is InChI=1S/C18H30.2CNO/c1-2-3-4-5-6-7-8-9-10-12-15-18-16-13-11-14-17-18;2*2-1-3/h11,13-14,16-17H,2-10,12,15H2,1H3;;/q;2*-1. The maximum absolute atomic E-state index is 8.24. The van der Waals surface area contributed by atoms with E-state index in [2.05, 4.69) is 37.3 Å². The molecule has 0 N–H and O–H groups in total. The number of carbonyl (C=O) groups excluding carboxylic acids is 2. The van der Waals surface area contributed by atoms with E-state index in [1.807, 2.05) is 0 Å². The summed E-state index contributed by atoms with van der Waals surface area (Å²) in [6.45, 7) is 2.28. The molecule has 0 radical (unpaired) electrons. The van der Waals surface area contributed by atoms with Crippen LogP contribution in [-0.4, -0.2) is 12.2 Å². The first-order chi connectivity index (χ1) is 11.8. The summed E-state index contributed by atoms with van der Waals surface area (Å²) in [6, 6.07) is 10.9. The Hall–Kier alpha value is -2.02. The fourth-order valence-electron chi connectivity index (χ4n) is 2.46. The second kappa shape index (κ2) is 23.2. The van der Waals surface area contributed by atoms with Crippen LogP contribution < -0.4 is 0 Å². The largest absolute Gasteiger partial charge is 0.724 e. The molecule has 24 heavy (non-hydrogen) atoms. The second-order valence-electron chi connectivity index (χ2n) is 5.60. The van der Waals surface area contributed by atoms with Gasteiger partial charge in [-0.3, -0.25) is 9.59 Å². The molecule has 0 bridgehead atoms. The van der Waals surface area contributed by atoms with Gasteiger partial charge in [0.1, 0.15) is 0 Å². The van der Waals surface area contributed by atoms with Crippen molar-refractivity contribution in [2.75, 3.05) is 0 Å². The zero-order valence-electron chi connectivity index (χ0n) is 14.9. The Kier molecular flexibility index (Phi) is 23.5. The van der Waals surface area contributed by atoms with Crippen LogP contribution in [0.4, 0.5) is 0 Å². The van der Waals surface area contributed by atoms with Crippen molar-refractivity contribution in [3.05, 3.63) is 46.7 Å². The first-order valence-electron chi connectivity index (χ1n) is 8.83. The molecule has 1 aromatic rings. The molecule has 1 rings (SSSR count). The Morgan fingerprint density at radius 2 is 1.08 bits per heavy atom. The third kappa shape index (κ3) is 22.3. The summed E-state index contributed by atoms with van der Waals surface area (Å²) in [7, 11) is 0. The van der Waals surface area contributed by atoms with Gasteiger partial charge in [-0.05, 0) is 30.6 Å². The third-order valence-electron chi connectivity index (χ3n) is 3.66. The van der Waals surface area contributed by atoms with E-state index in [1.165, 1.54) is 76.2 Å². The van der Waals surface area contributed by atoms with Gasteiger partial charge in [-0.25, -0.2) is 0 Å². The van der Waals surface area contributed by atoms with Crippen molar-refractivity contribution in [3.8, 4) is 0 Å². The lowest BCUT2D eigenvalue weighted by atomic mass is 10.0. The maximum Gasteiger partial charge on any atom is -0.0159 e. The minimum absolute atomic E-state index is 0.500. The molecule has 0 heterocycles. The number of rotatable bonds is 11. The third-order valence-corrected chi connectivity index (χ3v) is 3.66. The summed E-state index contributed by atoms with van der Waals surface area (Å²) in [6.07, 6.45) is 16.5. The van der Waals surface area contributed by atoms with E-state index in [9.17, 15) is 0 Å². The SMILES string of the molecule is CCCCCCCCCCCCc1ccccc1.[N-]=C=O.[N-]=C=O. The van der Waals surface area contributed by atoms with Gasteiger partial charge in [0, 0.05) is 0 Å². The average molecular weight is 330 g/mol. The molecule has 0 amide bonds. The van der Waals surface area contributed by atoms with Gasteiger partial charge >= 0.3 is 0 Å². The summed E-state index contributed by atoms with van der Waals surface area (Å²) in [5.74, 6) is 0. The van der Waals surface area contributed by atoms with Crippen molar-refractivity contribution in [1.29, 1.82) is 0 Å². The van der Waals surface area contributed by atoms with Crippen LogP contribution in [0.5, 0.6) is 0 Å². The van der Waals surface area contributed by atoms with Crippen molar-refractivity contribution >= 4 is 12.2 Å². The van der Waals surface area contributed by atoms with Crippen LogP contribution in [0.2, 0.25) is 0 Å². The van der Waals surface area contributed by atoms with Crippen LogP contribution in [-0.2, 0) is 16.0 Å². The quantitative estimate of drug-likeness (QED) is 0.286. The lowest BCUT2D eigenvalue weighted by Gasteiger charge is -2.03. The van der Waals surface area contributed by atoms with Crippen LogP contribution in [0, 0.1) is 0 Å². The zero-order valence-corrected chi connectivity index (χ0v) is 14.9. The summed E-state index contributed by atoms with van der Waals surface area (Å²) in [5, 5.41) is 13.5. The van der Waals surface area contributed by atoms with Crippen LogP contribution in [0.15, 0.2) is 30.3 Å². The van der Waals surface area contributed by atoms with Crippen molar-refractivity contribution in [3.63, 3.8) is 0 Å². The van der Waals surface area contributed by atoms with E-state index >= 15 is 0 Å². The molecule has 0 spiro atoms. The number of unbranched alkanes of at least 4 members (excludes halogenated alkanes) is 9. The normalized spacial score (nSPS) is 8.71. The molecule has 134 valence electrons. The van der Waals surface area contributed by atoms with Crippen molar-refractivity contribution in [2.24, 2.45) is 0 Å². The van der Waals surface area contributed by atoms with E-state index in [1.54, 1.807) is 0 Å². The number of hydrogen-bond acceptors (Lipinski definition) is 2. The number of nitrogens with zero attached hydrogens (tertiary/aromatic N) is 2. The lowest BCUT2D eigenvalue weighted by molar-refractivity contribution is 0.556. The van der Waals surface area contributed by atoms with Gasteiger partial charge in [-0.2, -0.15) is 0 Å². The molecule has 4 heteroatoms. The van der Waals surface area contributed by atoms with Crippen LogP contribution in [0.1, 0.15) is 76.7 Å². The van der Waals surface area contributed by atoms with Crippen LogP contribution >= 0.6 is 0 Å². The molecule has 0 saturated carbocycles. The van der Waals surface area contributed by atoms with Crippen LogP contribution in [0.3, 0.4) is 0 Å². The molecule has 4 nitrogen and oxygen atoms in total. The van der Waals surface area contributed by atoms with E-state index in [0.29, 0.717) is 12.2 Å². The zero-order chi connectivity index (χ0) is 18.3. The van der Waals surface area contributed by atoms with E-state index in [-0.39, 0.29) is 0 Å². The number of benzene rings is 1. The highest BCUT2D eigenvalue weighted by Crippen LogP contribution is 2.12. The molecular formula is C20H30N2O2-2. The summed E-state index contributed by atoms with van der Waals surface area (Å²) in [5.41, 5.74) is 1.50. The minimum Gasteiger partial charge on any atom is -0.724 e. The lowest BCUT2D eigenvalue weighted by Crippen LogP contribution is -1.86. The van der Waals surface area contributed by atoms with Gasteiger partial charge in [-0.15, -0.1) is 0 Å². The topological polar surface area (TPSA) is 78.7 Å².